The molecule has 2 aliphatic heterocycles. The Morgan fingerprint density at radius 3 is 2.86 bits per heavy atom. The lowest BCUT2D eigenvalue weighted by Crippen LogP contribution is -2.42. The smallest absolute Gasteiger partial charge is 0.252 e. The van der Waals surface area contributed by atoms with Crippen LogP contribution in [0.5, 0.6) is 0 Å². The number of hydrogen-bond acceptors (Lipinski definition) is 3. The van der Waals surface area contributed by atoms with E-state index < -0.39 is 0 Å². The molecule has 1 aromatic heterocycles. The van der Waals surface area contributed by atoms with Crippen LogP contribution in [-0.2, 0) is 0 Å². The molecule has 3 atom stereocenters. The SMILES string of the molecule is Cl.O=C(N[C@H]1C[C@H]2CC[C@@H]1N2)c1ccnc2ccccc12. The fraction of sp³-hybridized carbons (Fsp3) is 0.375. The van der Waals surface area contributed by atoms with Crippen LogP contribution in [-0.4, -0.2) is 29.0 Å². The number of carbonyl (C=O) groups excluding carboxylic acids is 1. The normalized spacial score (nSPS) is 26.6. The molecule has 3 heterocycles. The molecular weight excluding hydrogens is 286 g/mol. The van der Waals surface area contributed by atoms with Crippen molar-refractivity contribution in [3.05, 3.63) is 42.1 Å². The number of nitrogens with one attached hydrogen (secondary N) is 2. The zero-order valence-corrected chi connectivity index (χ0v) is 12.4. The Kier molecular flexibility index (Phi) is 3.83. The molecular formula is C16H18ClN3O. The van der Waals surface area contributed by atoms with Crippen molar-refractivity contribution in [2.75, 3.05) is 0 Å². The molecule has 0 saturated carbocycles. The second-order valence-electron chi connectivity index (χ2n) is 5.74. The quantitative estimate of drug-likeness (QED) is 0.895. The number of para-hydroxylation sites is 1. The summed E-state index contributed by atoms with van der Waals surface area (Å²) in [6.45, 7) is 0. The molecule has 1 aromatic carbocycles. The minimum Gasteiger partial charge on any atom is -0.348 e. The third-order valence-corrected chi connectivity index (χ3v) is 4.51. The topological polar surface area (TPSA) is 54.0 Å². The highest BCUT2D eigenvalue weighted by Gasteiger charge is 2.39. The molecule has 4 rings (SSSR count). The first-order chi connectivity index (χ1) is 9.81. The zero-order valence-electron chi connectivity index (χ0n) is 11.6. The maximum atomic E-state index is 12.5. The number of carbonyl (C=O) groups is 1. The van der Waals surface area contributed by atoms with Gasteiger partial charge in [0.2, 0.25) is 0 Å². The molecule has 2 bridgehead atoms. The molecule has 2 aromatic rings. The molecule has 0 spiro atoms. The predicted molar refractivity (Wildman–Crippen MR) is 84.8 cm³/mol. The number of aromatic nitrogens is 1. The van der Waals surface area contributed by atoms with E-state index >= 15 is 0 Å². The Morgan fingerprint density at radius 2 is 2.10 bits per heavy atom. The fourth-order valence-corrected chi connectivity index (χ4v) is 3.52. The van der Waals surface area contributed by atoms with E-state index in [4.69, 9.17) is 0 Å². The Labute approximate surface area is 129 Å². The molecule has 1 amide bonds. The van der Waals surface area contributed by atoms with Gasteiger partial charge in [-0.25, -0.2) is 0 Å². The van der Waals surface area contributed by atoms with Crippen molar-refractivity contribution in [3.63, 3.8) is 0 Å². The predicted octanol–water partition coefficient (Wildman–Crippen LogP) is 2.28. The summed E-state index contributed by atoms with van der Waals surface area (Å²) in [5.74, 6) is 0.0166. The molecule has 21 heavy (non-hydrogen) atoms. The van der Waals surface area contributed by atoms with Gasteiger partial charge in [-0.3, -0.25) is 9.78 Å². The van der Waals surface area contributed by atoms with Gasteiger partial charge in [0.1, 0.15) is 0 Å². The number of benzene rings is 1. The van der Waals surface area contributed by atoms with E-state index in [1.807, 2.05) is 24.3 Å². The van der Waals surface area contributed by atoms with Gasteiger partial charge < -0.3 is 10.6 Å². The van der Waals surface area contributed by atoms with E-state index in [1.165, 1.54) is 12.8 Å². The first-order valence-electron chi connectivity index (χ1n) is 7.22. The van der Waals surface area contributed by atoms with Crippen LogP contribution >= 0.6 is 12.4 Å². The highest BCUT2D eigenvalue weighted by atomic mass is 35.5. The number of amides is 1. The molecule has 4 nitrogen and oxygen atoms in total. The van der Waals surface area contributed by atoms with E-state index in [0.717, 1.165) is 22.9 Å². The molecule has 2 aliphatic rings. The van der Waals surface area contributed by atoms with Crippen molar-refractivity contribution in [1.82, 2.24) is 15.6 Å². The standard InChI is InChI=1S/C16H17N3O.ClH/c20-16(19-15-9-10-5-6-14(15)18-10)12-7-8-17-13-4-2-1-3-11(12)13;/h1-4,7-8,10,14-15,18H,5-6,9H2,(H,19,20);1H/t10-,14+,15+;/m1./s1. The van der Waals surface area contributed by atoms with Gasteiger partial charge in [0.15, 0.2) is 0 Å². The molecule has 0 aliphatic carbocycles. The number of rotatable bonds is 2. The Balaban J connectivity index is 0.00000132. The van der Waals surface area contributed by atoms with Crippen LogP contribution in [0.15, 0.2) is 36.5 Å². The number of fused-ring (bicyclic) bond motifs is 3. The van der Waals surface area contributed by atoms with Gasteiger partial charge in [-0.15, -0.1) is 12.4 Å². The van der Waals surface area contributed by atoms with Crippen LogP contribution in [0.2, 0.25) is 0 Å². The summed E-state index contributed by atoms with van der Waals surface area (Å²) in [4.78, 5) is 16.8. The van der Waals surface area contributed by atoms with Gasteiger partial charge in [-0.2, -0.15) is 0 Å². The Hall–Kier alpha value is -1.65. The highest BCUT2D eigenvalue weighted by Crippen LogP contribution is 2.28. The number of hydrogen-bond donors (Lipinski definition) is 2. The molecule has 2 fully saturated rings. The maximum absolute atomic E-state index is 12.5. The van der Waals surface area contributed by atoms with Crippen molar-refractivity contribution in [2.24, 2.45) is 0 Å². The second-order valence-corrected chi connectivity index (χ2v) is 5.74. The maximum Gasteiger partial charge on any atom is 0.252 e. The van der Waals surface area contributed by atoms with E-state index in [9.17, 15) is 4.79 Å². The van der Waals surface area contributed by atoms with Crippen LogP contribution < -0.4 is 10.6 Å². The monoisotopic (exact) mass is 303 g/mol. The average Bonchev–Trinajstić information content (AvgIpc) is 3.09. The van der Waals surface area contributed by atoms with Crippen molar-refractivity contribution >= 4 is 29.2 Å². The van der Waals surface area contributed by atoms with Gasteiger partial charge >= 0.3 is 0 Å². The van der Waals surface area contributed by atoms with Crippen molar-refractivity contribution in [2.45, 2.75) is 37.4 Å². The summed E-state index contributed by atoms with van der Waals surface area (Å²) < 4.78 is 0. The fourth-order valence-electron chi connectivity index (χ4n) is 3.52. The minimum atomic E-state index is 0. The summed E-state index contributed by atoms with van der Waals surface area (Å²) in [7, 11) is 0. The average molecular weight is 304 g/mol. The van der Waals surface area contributed by atoms with Crippen molar-refractivity contribution < 1.29 is 4.79 Å². The van der Waals surface area contributed by atoms with E-state index in [1.54, 1.807) is 12.3 Å². The number of pyridine rings is 1. The molecule has 110 valence electrons. The Morgan fingerprint density at radius 1 is 1.24 bits per heavy atom. The van der Waals surface area contributed by atoms with Crippen molar-refractivity contribution in [3.8, 4) is 0 Å². The second kappa shape index (κ2) is 5.62. The Bertz CT molecular complexity index is 670. The third kappa shape index (κ3) is 2.49. The van der Waals surface area contributed by atoms with Crippen LogP contribution in [0, 0.1) is 0 Å². The van der Waals surface area contributed by atoms with Crippen molar-refractivity contribution in [1.29, 1.82) is 0 Å². The summed E-state index contributed by atoms with van der Waals surface area (Å²) in [5.41, 5.74) is 1.59. The number of nitrogens with zero attached hydrogens (tertiary/aromatic N) is 1. The first kappa shape index (κ1) is 14.3. The van der Waals surface area contributed by atoms with Gasteiger partial charge in [-0.05, 0) is 31.4 Å². The van der Waals surface area contributed by atoms with Gasteiger partial charge in [0.25, 0.3) is 5.91 Å². The summed E-state index contributed by atoms with van der Waals surface area (Å²) >= 11 is 0. The molecule has 0 radical (unpaired) electrons. The van der Waals surface area contributed by atoms with Gasteiger partial charge in [0.05, 0.1) is 11.1 Å². The van der Waals surface area contributed by atoms with E-state index in [2.05, 4.69) is 15.6 Å². The lowest BCUT2D eigenvalue weighted by Gasteiger charge is -2.21. The van der Waals surface area contributed by atoms with Crippen LogP contribution in [0.3, 0.4) is 0 Å². The first-order valence-corrected chi connectivity index (χ1v) is 7.22. The van der Waals surface area contributed by atoms with E-state index in [0.29, 0.717) is 12.1 Å². The van der Waals surface area contributed by atoms with Crippen LogP contribution in [0.1, 0.15) is 29.6 Å². The third-order valence-electron chi connectivity index (χ3n) is 4.51. The lowest BCUT2D eigenvalue weighted by molar-refractivity contribution is 0.0932. The van der Waals surface area contributed by atoms with Crippen LogP contribution in [0.25, 0.3) is 10.9 Å². The zero-order chi connectivity index (χ0) is 13.5. The lowest BCUT2D eigenvalue weighted by atomic mass is 9.95. The highest BCUT2D eigenvalue weighted by molar-refractivity contribution is 6.06. The molecule has 2 N–H and O–H groups in total. The minimum absolute atomic E-state index is 0. The number of halogens is 1. The van der Waals surface area contributed by atoms with Gasteiger partial charge in [0, 0.05) is 29.7 Å². The molecule has 2 saturated heterocycles. The molecule has 5 heteroatoms. The van der Waals surface area contributed by atoms with Gasteiger partial charge in [-0.1, -0.05) is 18.2 Å². The largest absolute Gasteiger partial charge is 0.348 e. The summed E-state index contributed by atoms with van der Waals surface area (Å²) in [6.07, 6.45) is 5.18. The molecule has 0 unspecified atom stereocenters. The van der Waals surface area contributed by atoms with E-state index in [-0.39, 0.29) is 24.4 Å². The summed E-state index contributed by atoms with van der Waals surface area (Å²) in [6, 6.07) is 10.9. The van der Waals surface area contributed by atoms with Crippen LogP contribution in [0.4, 0.5) is 0 Å². The summed E-state index contributed by atoms with van der Waals surface area (Å²) in [5, 5.41) is 7.65.